The number of hydrogen-bond acceptors (Lipinski definition) is 4. The molecule has 0 amide bonds. The first kappa shape index (κ1) is 12.1. The Balaban J connectivity index is 2.27. The fourth-order valence-corrected chi connectivity index (χ4v) is 2.04. The molecule has 0 aromatic carbocycles. The molecule has 2 heterocycles. The highest BCUT2D eigenvalue weighted by Gasteiger charge is 2.28. The van der Waals surface area contributed by atoms with Gasteiger partial charge in [-0.15, -0.1) is 0 Å². The van der Waals surface area contributed by atoms with Gasteiger partial charge in [0.25, 0.3) is 5.56 Å². The Morgan fingerprint density at radius 1 is 1.59 bits per heavy atom. The minimum atomic E-state index is -0.186. The molecule has 0 aliphatic carbocycles. The topological polar surface area (TPSA) is 58.2 Å². The summed E-state index contributed by atoms with van der Waals surface area (Å²) in [6, 6.07) is 1.56. The van der Waals surface area contributed by atoms with Crippen molar-refractivity contribution in [2.45, 2.75) is 32.8 Å². The normalized spacial score (nSPS) is 19.4. The summed E-state index contributed by atoms with van der Waals surface area (Å²) in [6.45, 7) is 8.28. The Morgan fingerprint density at radius 2 is 2.35 bits per heavy atom. The first-order valence-corrected chi connectivity index (χ1v) is 5.99. The maximum absolute atomic E-state index is 11.5. The van der Waals surface area contributed by atoms with Crippen LogP contribution in [0.25, 0.3) is 0 Å². The van der Waals surface area contributed by atoms with E-state index in [-0.39, 0.29) is 11.2 Å². The first-order valence-electron chi connectivity index (χ1n) is 5.99. The van der Waals surface area contributed by atoms with E-state index < -0.39 is 0 Å². The van der Waals surface area contributed by atoms with E-state index in [1.54, 1.807) is 6.07 Å². The predicted octanol–water partition coefficient (Wildman–Crippen LogP) is 0.948. The van der Waals surface area contributed by atoms with Crippen LogP contribution in [0.3, 0.4) is 0 Å². The van der Waals surface area contributed by atoms with Gasteiger partial charge in [-0.05, 0) is 13.8 Å². The van der Waals surface area contributed by atoms with Gasteiger partial charge in [-0.1, -0.05) is 6.92 Å². The lowest BCUT2D eigenvalue weighted by Crippen LogP contribution is -2.49. The number of hydrogen-bond donors (Lipinski definition) is 1. The van der Waals surface area contributed by atoms with E-state index in [2.05, 4.69) is 14.9 Å². The summed E-state index contributed by atoms with van der Waals surface area (Å²) in [4.78, 5) is 20.8. The lowest BCUT2D eigenvalue weighted by molar-refractivity contribution is -0.0279. The molecule has 0 unspecified atom stereocenters. The van der Waals surface area contributed by atoms with Crippen LogP contribution in [0.4, 0.5) is 5.82 Å². The van der Waals surface area contributed by atoms with Gasteiger partial charge in [0, 0.05) is 25.6 Å². The summed E-state index contributed by atoms with van der Waals surface area (Å²) in [5.41, 5.74) is -0.273. The summed E-state index contributed by atoms with van der Waals surface area (Å²) < 4.78 is 5.65. The molecule has 1 aliphatic rings. The van der Waals surface area contributed by atoms with Gasteiger partial charge in [0.1, 0.15) is 11.6 Å². The minimum absolute atomic E-state index is 0.0869. The van der Waals surface area contributed by atoms with E-state index in [9.17, 15) is 4.79 Å². The lowest BCUT2D eigenvalue weighted by Gasteiger charge is -2.38. The molecule has 1 fully saturated rings. The van der Waals surface area contributed by atoms with Crippen molar-refractivity contribution < 1.29 is 4.74 Å². The van der Waals surface area contributed by atoms with E-state index in [4.69, 9.17) is 4.74 Å². The maximum Gasteiger partial charge on any atom is 0.252 e. The first-order chi connectivity index (χ1) is 8.00. The molecule has 5 heteroatoms. The minimum Gasteiger partial charge on any atom is -0.372 e. The zero-order chi connectivity index (χ0) is 12.5. The molecule has 0 bridgehead atoms. The van der Waals surface area contributed by atoms with Crippen LogP contribution in [-0.2, 0) is 11.2 Å². The van der Waals surface area contributed by atoms with E-state index in [0.29, 0.717) is 6.61 Å². The van der Waals surface area contributed by atoms with E-state index in [1.807, 2.05) is 20.8 Å². The molecule has 0 atom stereocenters. The van der Waals surface area contributed by atoms with Crippen LogP contribution >= 0.6 is 0 Å². The average molecular weight is 237 g/mol. The van der Waals surface area contributed by atoms with Crippen molar-refractivity contribution in [1.82, 2.24) is 9.97 Å². The lowest BCUT2D eigenvalue weighted by atomic mass is 10.1. The van der Waals surface area contributed by atoms with Crippen LogP contribution in [0.1, 0.15) is 26.6 Å². The van der Waals surface area contributed by atoms with Gasteiger partial charge >= 0.3 is 0 Å². The third-order valence-corrected chi connectivity index (χ3v) is 2.86. The number of morpholine rings is 1. The number of aromatic nitrogens is 2. The second kappa shape index (κ2) is 4.49. The van der Waals surface area contributed by atoms with Gasteiger partial charge in [0.2, 0.25) is 0 Å². The monoisotopic (exact) mass is 237 g/mol. The standard InChI is InChI=1S/C12H19N3O2/c1-4-9-13-10(7-11(16)14-9)15-5-6-17-12(2,3)8-15/h7H,4-6,8H2,1-3H3,(H,13,14,16). The Bertz CT molecular complexity index is 453. The van der Waals surface area contributed by atoms with Crippen LogP contribution in [0.5, 0.6) is 0 Å². The van der Waals surface area contributed by atoms with E-state index in [0.717, 1.165) is 31.2 Å². The van der Waals surface area contributed by atoms with E-state index >= 15 is 0 Å². The number of anilines is 1. The third-order valence-electron chi connectivity index (χ3n) is 2.86. The number of nitrogens with one attached hydrogen (secondary N) is 1. The molecule has 17 heavy (non-hydrogen) atoms. The van der Waals surface area contributed by atoms with Crippen LogP contribution in [0.15, 0.2) is 10.9 Å². The number of rotatable bonds is 2. The fraction of sp³-hybridized carbons (Fsp3) is 0.667. The summed E-state index contributed by atoms with van der Waals surface area (Å²) in [6.07, 6.45) is 0.733. The van der Waals surface area contributed by atoms with E-state index in [1.165, 1.54) is 0 Å². The van der Waals surface area contributed by atoms with Crippen molar-refractivity contribution in [3.05, 3.63) is 22.2 Å². The largest absolute Gasteiger partial charge is 0.372 e. The van der Waals surface area contributed by atoms with Gasteiger partial charge in [-0.3, -0.25) is 4.79 Å². The molecule has 2 rings (SSSR count). The van der Waals surface area contributed by atoms with Crippen molar-refractivity contribution in [2.24, 2.45) is 0 Å². The molecule has 5 nitrogen and oxygen atoms in total. The van der Waals surface area contributed by atoms with Gasteiger partial charge in [-0.25, -0.2) is 4.98 Å². The molecule has 1 aromatic rings. The second-order valence-electron chi connectivity index (χ2n) is 4.93. The average Bonchev–Trinajstić information content (AvgIpc) is 2.27. The SMILES string of the molecule is CCc1nc(N2CCOC(C)(C)C2)cc(=O)[nH]1. The zero-order valence-electron chi connectivity index (χ0n) is 10.6. The smallest absolute Gasteiger partial charge is 0.252 e. The number of H-pyrrole nitrogens is 1. The van der Waals surface area contributed by atoms with Gasteiger partial charge in [0.15, 0.2) is 0 Å². The Labute approximate surface area is 101 Å². The van der Waals surface area contributed by atoms with Crippen molar-refractivity contribution in [3.8, 4) is 0 Å². The summed E-state index contributed by atoms with van der Waals surface area (Å²) in [7, 11) is 0. The molecule has 1 aromatic heterocycles. The molecule has 0 spiro atoms. The molecular weight excluding hydrogens is 218 g/mol. The zero-order valence-corrected chi connectivity index (χ0v) is 10.6. The highest BCUT2D eigenvalue weighted by atomic mass is 16.5. The fourth-order valence-electron chi connectivity index (χ4n) is 2.04. The van der Waals surface area contributed by atoms with Gasteiger partial charge < -0.3 is 14.6 Å². The maximum atomic E-state index is 11.5. The van der Waals surface area contributed by atoms with Crippen LogP contribution in [0, 0.1) is 0 Å². The van der Waals surface area contributed by atoms with Crippen LogP contribution in [0.2, 0.25) is 0 Å². The Morgan fingerprint density at radius 3 is 3.00 bits per heavy atom. The number of aromatic amines is 1. The summed E-state index contributed by atoms with van der Waals surface area (Å²) >= 11 is 0. The highest BCUT2D eigenvalue weighted by Crippen LogP contribution is 2.20. The number of nitrogens with zero attached hydrogens (tertiary/aromatic N) is 2. The van der Waals surface area contributed by atoms with Crippen LogP contribution in [-0.4, -0.2) is 35.3 Å². The van der Waals surface area contributed by atoms with Crippen molar-refractivity contribution >= 4 is 5.82 Å². The van der Waals surface area contributed by atoms with Crippen molar-refractivity contribution in [3.63, 3.8) is 0 Å². The van der Waals surface area contributed by atoms with Crippen molar-refractivity contribution in [2.75, 3.05) is 24.6 Å². The van der Waals surface area contributed by atoms with Gasteiger partial charge in [0.05, 0.1) is 12.2 Å². The van der Waals surface area contributed by atoms with Crippen molar-refractivity contribution in [1.29, 1.82) is 0 Å². The number of aryl methyl sites for hydroxylation is 1. The molecular formula is C12H19N3O2. The second-order valence-corrected chi connectivity index (χ2v) is 4.93. The summed E-state index contributed by atoms with van der Waals surface area (Å²) in [5.74, 6) is 1.48. The third kappa shape index (κ3) is 2.85. The molecule has 1 N–H and O–H groups in total. The predicted molar refractivity (Wildman–Crippen MR) is 66.5 cm³/mol. The molecule has 0 saturated carbocycles. The quantitative estimate of drug-likeness (QED) is 0.832. The van der Waals surface area contributed by atoms with Crippen LogP contribution < -0.4 is 10.5 Å². The molecule has 0 radical (unpaired) electrons. The molecule has 1 aliphatic heterocycles. The Hall–Kier alpha value is -1.36. The Kier molecular flexibility index (Phi) is 3.19. The summed E-state index contributed by atoms with van der Waals surface area (Å²) in [5, 5.41) is 0. The number of ether oxygens (including phenoxy) is 1. The highest BCUT2D eigenvalue weighted by molar-refractivity contribution is 5.38. The molecule has 94 valence electrons. The van der Waals surface area contributed by atoms with Gasteiger partial charge in [-0.2, -0.15) is 0 Å². The molecule has 1 saturated heterocycles.